The summed E-state index contributed by atoms with van der Waals surface area (Å²) >= 11 is 1.56. The van der Waals surface area contributed by atoms with Gasteiger partial charge in [-0.3, -0.25) is 4.79 Å². The summed E-state index contributed by atoms with van der Waals surface area (Å²) in [6.07, 6.45) is 2.39. The highest BCUT2D eigenvalue weighted by atomic mass is 32.1. The molecule has 0 saturated heterocycles. The van der Waals surface area contributed by atoms with Crippen LogP contribution < -0.4 is 14.8 Å². The molecule has 3 aromatic rings. The van der Waals surface area contributed by atoms with Crippen molar-refractivity contribution in [2.24, 2.45) is 0 Å². The number of nitrogens with zero attached hydrogens (tertiary/aromatic N) is 1. The second-order valence-electron chi connectivity index (χ2n) is 5.52. The maximum Gasteiger partial charge on any atom is 0.251 e. The number of hydrogen-bond donors (Lipinski definition) is 1. The van der Waals surface area contributed by atoms with Crippen LogP contribution in [0.15, 0.2) is 46.4 Å². The van der Waals surface area contributed by atoms with Gasteiger partial charge in [-0.2, -0.15) is 0 Å². The van der Waals surface area contributed by atoms with Gasteiger partial charge in [-0.05, 0) is 29.6 Å². The Hall–Kier alpha value is -2.80. The number of ether oxygens (including phenoxy) is 2. The van der Waals surface area contributed by atoms with Crippen molar-refractivity contribution >= 4 is 17.2 Å². The fourth-order valence-corrected chi connectivity index (χ4v) is 3.13. The SMILES string of the molecule is O=C(NCc1coc(-c2cccs2)n1)c1ccc2c(c1)OCCCO2. The van der Waals surface area contributed by atoms with Crippen LogP contribution in [0.3, 0.4) is 0 Å². The zero-order valence-corrected chi connectivity index (χ0v) is 14.2. The summed E-state index contributed by atoms with van der Waals surface area (Å²) in [5.74, 6) is 1.64. The van der Waals surface area contributed by atoms with Gasteiger partial charge in [0.1, 0.15) is 6.26 Å². The van der Waals surface area contributed by atoms with Gasteiger partial charge in [-0.1, -0.05) is 6.07 Å². The smallest absolute Gasteiger partial charge is 0.251 e. The molecule has 1 amide bonds. The molecule has 1 aliphatic rings. The van der Waals surface area contributed by atoms with Gasteiger partial charge in [0, 0.05) is 12.0 Å². The Morgan fingerprint density at radius 2 is 2.08 bits per heavy atom. The Kier molecular flexibility index (Phi) is 4.39. The summed E-state index contributed by atoms with van der Waals surface area (Å²) in [6, 6.07) is 9.07. The maximum atomic E-state index is 12.4. The average molecular weight is 356 g/mol. The lowest BCUT2D eigenvalue weighted by atomic mass is 10.2. The van der Waals surface area contributed by atoms with E-state index in [1.165, 1.54) is 0 Å². The molecular formula is C18H16N2O4S. The number of carbonyl (C=O) groups excluding carboxylic acids is 1. The van der Waals surface area contributed by atoms with E-state index < -0.39 is 0 Å². The summed E-state index contributed by atoms with van der Waals surface area (Å²) in [5.41, 5.74) is 1.19. The highest BCUT2D eigenvalue weighted by molar-refractivity contribution is 7.13. The van der Waals surface area contributed by atoms with Crippen LogP contribution in [0.1, 0.15) is 22.5 Å². The summed E-state index contributed by atoms with van der Waals surface area (Å²) in [4.78, 5) is 17.7. The van der Waals surface area contributed by atoms with E-state index in [-0.39, 0.29) is 5.91 Å². The molecule has 0 saturated carbocycles. The first-order valence-corrected chi connectivity index (χ1v) is 8.84. The number of amides is 1. The minimum Gasteiger partial charge on any atom is -0.490 e. The van der Waals surface area contributed by atoms with E-state index in [1.807, 2.05) is 17.5 Å². The van der Waals surface area contributed by atoms with Crippen LogP contribution in [0.5, 0.6) is 11.5 Å². The predicted octanol–water partition coefficient (Wildman–Crippen LogP) is 3.49. The third-order valence-corrected chi connectivity index (χ3v) is 4.58. The number of oxazole rings is 1. The van der Waals surface area contributed by atoms with Crippen molar-refractivity contribution in [3.8, 4) is 22.3 Å². The maximum absolute atomic E-state index is 12.4. The van der Waals surface area contributed by atoms with Gasteiger partial charge in [-0.25, -0.2) is 4.98 Å². The lowest BCUT2D eigenvalue weighted by Gasteiger charge is -2.09. The Morgan fingerprint density at radius 3 is 2.92 bits per heavy atom. The van der Waals surface area contributed by atoms with Gasteiger partial charge in [0.25, 0.3) is 5.91 Å². The first-order chi connectivity index (χ1) is 12.3. The van der Waals surface area contributed by atoms with E-state index in [1.54, 1.807) is 35.8 Å². The number of aromatic nitrogens is 1. The third kappa shape index (κ3) is 3.51. The average Bonchev–Trinajstić information content (AvgIpc) is 3.26. The van der Waals surface area contributed by atoms with E-state index in [4.69, 9.17) is 13.9 Å². The van der Waals surface area contributed by atoms with Crippen LogP contribution in [0.25, 0.3) is 10.8 Å². The normalized spacial score (nSPS) is 13.3. The molecule has 3 heterocycles. The van der Waals surface area contributed by atoms with Crippen LogP contribution in [0.4, 0.5) is 0 Å². The van der Waals surface area contributed by atoms with Gasteiger partial charge >= 0.3 is 0 Å². The van der Waals surface area contributed by atoms with E-state index in [2.05, 4.69) is 10.3 Å². The summed E-state index contributed by atoms with van der Waals surface area (Å²) < 4.78 is 16.6. The van der Waals surface area contributed by atoms with E-state index in [0.29, 0.717) is 48.4 Å². The summed E-state index contributed by atoms with van der Waals surface area (Å²) in [6.45, 7) is 1.50. The number of nitrogens with one attached hydrogen (secondary N) is 1. The number of hydrogen-bond acceptors (Lipinski definition) is 6. The second-order valence-corrected chi connectivity index (χ2v) is 6.46. The minimum atomic E-state index is -0.198. The monoisotopic (exact) mass is 356 g/mol. The lowest BCUT2D eigenvalue weighted by molar-refractivity contribution is 0.0950. The fraction of sp³-hybridized carbons (Fsp3) is 0.222. The first kappa shape index (κ1) is 15.7. The largest absolute Gasteiger partial charge is 0.490 e. The molecule has 0 atom stereocenters. The molecule has 4 rings (SSSR count). The Bertz CT molecular complexity index is 873. The highest BCUT2D eigenvalue weighted by Gasteiger charge is 2.15. The highest BCUT2D eigenvalue weighted by Crippen LogP contribution is 2.30. The van der Waals surface area contributed by atoms with Crippen molar-refractivity contribution in [1.29, 1.82) is 0 Å². The predicted molar refractivity (Wildman–Crippen MR) is 93.0 cm³/mol. The van der Waals surface area contributed by atoms with E-state index in [0.717, 1.165) is 11.3 Å². The van der Waals surface area contributed by atoms with Crippen molar-refractivity contribution in [2.75, 3.05) is 13.2 Å². The molecule has 0 unspecified atom stereocenters. The van der Waals surface area contributed by atoms with Crippen LogP contribution in [-0.2, 0) is 6.54 Å². The van der Waals surface area contributed by atoms with Gasteiger partial charge in [0.05, 0.1) is 30.3 Å². The molecule has 7 heteroatoms. The molecule has 0 radical (unpaired) electrons. The molecule has 1 aliphatic heterocycles. The standard InChI is InChI=1S/C18H16N2O4S/c21-17(12-4-5-14-15(9-12)23-7-2-6-22-14)19-10-13-11-24-18(20-13)16-3-1-8-25-16/h1,3-5,8-9,11H,2,6-7,10H2,(H,19,21). The lowest BCUT2D eigenvalue weighted by Crippen LogP contribution is -2.23. The zero-order valence-electron chi connectivity index (χ0n) is 13.4. The van der Waals surface area contributed by atoms with Crippen LogP contribution in [0, 0.1) is 0 Å². The fourth-order valence-electron chi connectivity index (χ4n) is 2.48. The molecule has 1 N–H and O–H groups in total. The van der Waals surface area contributed by atoms with Gasteiger partial charge in [0.15, 0.2) is 11.5 Å². The molecule has 2 aromatic heterocycles. The van der Waals surface area contributed by atoms with Crippen molar-refractivity contribution in [3.63, 3.8) is 0 Å². The summed E-state index contributed by atoms with van der Waals surface area (Å²) in [7, 11) is 0. The number of thiophene rings is 1. The van der Waals surface area contributed by atoms with Crippen LogP contribution in [0.2, 0.25) is 0 Å². The molecule has 6 nitrogen and oxygen atoms in total. The zero-order chi connectivity index (χ0) is 17.1. The van der Waals surface area contributed by atoms with Crippen molar-refractivity contribution < 1.29 is 18.7 Å². The number of carbonyl (C=O) groups is 1. The van der Waals surface area contributed by atoms with Crippen molar-refractivity contribution in [1.82, 2.24) is 10.3 Å². The molecule has 0 spiro atoms. The third-order valence-electron chi connectivity index (χ3n) is 3.72. The second kappa shape index (κ2) is 6.98. The Labute approximate surface area is 148 Å². The molecule has 128 valence electrons. The molecule has 25 heavy (non-hydrogen) atoms. The number of fused-ring (bicyclic) bond motifs is 1. The molecule has 0 fully saturated rings. The number of rotatable bonds is 4. The molecule has 0 bridgehead atoms. The first-order valence-electron chi connectivity index (χ1n) is 7.96. The van der Waals surface area contributed by atoms with Gasteiger partial charge < -0.3 is 19.2 Å². The minimum absolute atomic E-state index is 0.198. The van der Waals surface area contributed by atoms with Crippen molar-refractivity contribution in [3.05, 3.63) is 53.2 Å². The van der Waals surface area contributed by atoms with Crippen LogP contribution >= 0.6 is 11.3 Å². The number of benzene rings is 1. The molecule has 0 aliphatic carbocycles. The van der Waals surface area contributed by atoms with Gasteiger partial charge in [0.2, 0.25) is 5.89 Å². The Morgan fingerprint density at radius 1 is 1.20 bits per heavy atom. The Balaban J connectivity index is 1.41. The van der Waals surface area contributed by atoms with Gasteiger partial charge in [-0.15, -0.1) is 11.3 Å². The van der Waals surface area contributed by atoms with Crippen LogP contribution in [-0.4, -0.2) is 24.1 Å². The van der Waals surface area contributed by atoms with E-state index >= 15 is 0 Å². The molecule has 1 aromatic carbocycles. The molecular weight excluding hydrogens is 340 g/mol. The quantitative estimate of drug-likeness (QED) is 0.774. The van der Waals surface area contributed by atoms with E-state index in [9.17, 15) is 4.79 Å². The van der Waals surface area contributed by atoms with Crippen molar-refractivity contribution in [2.45, 2.75) is 13.0 Å². The topological polar surface area (TPSA) is 73.6 Å². The summed E-state index contributed by atoms with van der Waals surface area (Å²) in [5, 5.41) is 4.81.